The highest BCUT2D eigenvalue weighted by Crippen LogP contribution is 2.52. The number of hydrogen-bond acceptors (Lipinski definition) is 4. The molecule has 0 aromatic carbocycles. The lowest BCUT2D eigenvalue weighted by Gasteiger charge is -2.56. The molecule has 3 rings (SSSR count). The molecule has 5 atom stereocenters. The van der Waals surface area contributed by atoms with Gasteiger partial charge in [0.1, 0.15) is 0 Å². The molecule has 96 valence electrons. The van der Waals surface area contributed by atoms with Crippen molar-refractivity contribution in [1.29, 1.82) is 0 Å². The summed E-state index contributed by atoms with van der Waals surface area (Å²) >= 11 is 0. The van der Waals surface area contributed by atoms with Crippen LogP contribution in [0, 0.1) is 17.3 Å². The zero-order valence-electron chi connectivity index (χ0n) is 10.2. The van der Waals surface area contributed by atoms with Crippen LogP contribution in [-0.4, -0.2) is 43.4 Å². The van der Waals surface area contributed by atoms with Crippen molar-refractivity contribution >= 4 is 0 Å². The molecule has 0 radical (unpaired) electrons. The maximum Gasteiger partial charge on any atom is 0.161 e. The highest BCUT2D eigenvalue weighted by Gasteiger charge is 2.58. The Hall–Kier alpha value is -0.420. The Morgan fingerprint density at radius 2 is 2.00 bits per heavy atom. The van der Waals surface area contributed by atoms with E-state index in [9.17, 15) is 5.11 Å². The van der Waals surface area contributed by atoms with E-state index in [0.29, 0.717) is 25.6 Å². The van der Waals surface area contributed by atoms with E-state index in [2.05, 4.69) is 13.5 Å². The molecular weight excluding hydrogens is 220 g/mol. The normalized spacial score (nSPS) is 50.7. The van der Waals surface area contributed by atoms with Crippen LogP contribution in [0.2, 0.25) is 0 Å². The van der Waals surface area contributed by atoms with Gasteiger partial charge in [-0.1, -0.05) is 13.0 Å². The van der Waals surface area contributed by atoms with Crippen LogP contribution in [-0.2, 0) is 14.2 Å². The van der Waals surface area contributed by atoms with Crippen LogP contribution in [0.3, 0.4) is 0 Å². The number of aliphatic hydroxyl groups excluding tert-OH is 1. The molecule has 4 heteroatoms. The molecular formula is C13H20O4. The SMILES string of the molecule is C=C[C@@]1(C)C(C2OCCO2)[C@@H]2CO[C@@H]2C[C@@H]1O. The summed E-state index contributed by atoms with van der Waals surface area (Å²) in [6, 6.07) is 0. The fraction of sp³-hybridized carbons (Fsp3) is 0.846. The second kappa shape index (κ2) is 4.05. The second-order valence-corrected chi connectivity index (χ2v) is 5.49. The van der Waals surface area contributed by atoms with Crippen molar-refractivity contribution in [3.63, 3.8) is 0 Å². The summed E-state index contributed by atoms with van der Waals surface area (Å²) in [5, 5.41) is 10.3. The molecule has 17 heavy (non-hydrogen) atoms. The largest absolute Gasteiger partial charge is 0.392 e. The van der Waals surface area contributed by atoms with Crippen molar-refractivity contribution in [2.24, 2.45) is 17.3 Å². The first-order valence-electron chi connectivity index (χ1n) is 6.33. The molecule has 1 aliphatic carbocycles. The zero-order chi connectivity index (χ0) is 12.0. The molecule has 4 nitrogen and oxygen atoms in total. The molecule has 2 heterocycles. The Labute approximate surface area is 102 Å². The van der Waals surface area contributed by atoms with Crippen molar-refractivity contribution < 1.29 is 19.3 Å². The summed E-state index contributed by atoms with van der Waals surface area (Å²) in [5.41, 5.74) is -0.347. The molecule has 2 aliphatic heterocycles. The van der Waals surface area contributed by atoms with E-state index in [-0.39, 0.29) is 23.7 Å². The van der Waals surface area contributed by atoms with Crippen LogP contribution >= 0.6 is 0 Å². The molecule has 0 aromatic heterocycles. The van der Waals surface area contributed by atoms with Gasteiger partial charge in [-0.2, -0.15) is 0 Å². The molecule has 0 spiro atoms. The smallest absolute Gasteiger partial charge is 0.161 e. The molecule has 0 bridgehead atoms. The lowest BCUT2D eigenvalue weighted by molar-refractivity contribution is -0.259. The van der Waals surface area contributed by atoms with E-state index in [1.165, 1.54) is 0 Å². The van der Waals surface area contributed by atoms with Crippen LogP contribution in [0.15, 0.2) is 12.7 Å². The molecule has 2 saturated heterocycles. The van der Waals surface area contributed by atoms with Gasteiger partial charge in [0.15, 0.2) is 6.29 Å². The predicted molar refractivity (Wildman–Crippen MR) is 61.3 cm³/mol. The Morgan fingerprint density at radius 1 is 1.29 bits per heavy atom. The van der Waals surface area contributed by atoms with Gasteiger partial charge in [0.2, 0.25) is 0 Å². The third kappa shape index (κ3) is 1.58. The van der Waals surface area contributed by atoms with Gasteiger partial charge in [0.05, 0.1) is 32.0 Å². The van der Waals surface area contributed by atoms with Gasteiger partial charge in [-0.25, -0.2) is 0 Å². The molecule has 3 aliphatic rings. The van der Waals surface area contributed by atoms with Gasteiger partial charge in [-0.3, -0.25) is 0 Å². The van der Waals surface area contributed by atoms with Crippen LogP contribution in [0.5, 0.6) is 0 Å². The number of rotatable bonds is 2. The zero-order valence-corrected chi connectivity index (χ0v) is 10.2. The van der Waals surface area contributed by atoms with Gasteiger partial charge in [0.25, 0.3) is 0 Å². The fourth-order valence-electron chi connectivity index (χ4n) is 3.43. The standard InChI is InChI=1S/C13H20O4/c1-3-13(2)10(14)6-9-8(7-17-9)11(13)12-15-4-5-16-12/h3,8-12,14H,1,4-7H2,2H3/t8-,9-,10+,11?,13-/m1/s1. The Bertz CT molecular complexity index is 311. The van der Waals surface area contributed by atoms with Crippen LogP contribution in [0.25, 0.3) is 0 Å². The average molecular weight is 240 g/mol. The summed E-state index contributed by atoms with van der Waals surface area (Å²) in [6.07, 6.45) is 2.07. The van der Waals surface area contributed by atoms with Gasteiger partial charge < -0.3 is 19.3 Å². The monoisotopic (exact) mass is 240 g/mol. The summed E-state index contributed by atoms with van der Waals surface area (Å²) in [7, 11) is 0. The molecule has 1 unspecified atom stereocenters. The molecule has 3 fully saturated rings. The summed E-state index contributed by atoms with van der Waals surface area (Å²) in [6.45, 7) is 7.98. The van der Waals surface area contributed by atoms with Crippen molar-refractivity contribution in [3.8, 4) is 0 Å². The maximum absolute atomic E-state index is 10.3. The van der Waals surface area contributed by atoms with Crippen LogP contribution in [0.1, 0.15) is 13.3 Å². The van der Waals surface area contributed by atoms with Gasteiger partial charge in [-0.05, 0) is 0 Å². The molecule has 0 aromatic rings. The lowest BCUT2D eigenvalue weighted by Crippen LogP contribution is -2.62. The minimum atomic E-state index is -0.431. The van der Waals surface area contributed by atoms with Crippen molar-refractivity contribution in [2.45, 2.75) is 31.8 Å². The third-order valence-electron chi connectivity index (χ3n) is 4.71. The fourth-order valence-corrected chi connectivity index (χ4v) is 3.43. The summed E-state index contributed by atoms with van der Waals surface area (Å²) in [5.74, 6) is 0.564. The number of fused-ring (bicyclic) bond motifs is 1. The molecule has 0 amide bonds. The predicted octanol–water partition coefficient (Wildman–Crippen LogP) is 0.947. The van der Waals surface area contributed by atoms with E-state index in [0.717, 1.165) is 6.61 Å². The first-order chi connectivity index (χ1) is 8.16. The second-order valence-electron chi connectivity index (χ2n) is 5.49. The van der Waals surface area contributed by atoms with E-state index in [4.69, 9.17) is 14.2 Å². The maximum atomic E-state index is 10.3. The highest BCUT2D eigenvalue weighted by molar-refractivity contribution is 5.11. The molecule has 1 saturated carbocycles. The quantitative estimate of drug-likeness (QED) is 0.730. The Kier molecular flexibility index (Phi) is 2.78. The number of aliphatic hydroxyl groups is 1. The number of ether oxygens (including phenoxy) is 3. The third-order valence-corrected chi connectivity index (χ3v) is 4.71. The summed E-state index contributed by atoms with van der Waals surface area (Å²) in [4.78, 5) is 0. The van der Waals surface area contributed by atoms with Crippen LogP contribution < -0.4 is 0 Å². The average Bonchev–Trinajstić information content (AvgIpc) is 2.81. The minimum absolute atomic E-state index is 0.144. The minimum Gasteiger partial charge on any atom is -0.392 e. The van der Waals surface area contributed by atoms with Gasteiger partial charge in [-0.15, -0.1) is 6.58 Å². The van der Waals surface area contributed by atoms with Gasteiger partial charge in [0, 0.05) is 23.7 Å². The van der Waals surface area contributed by atoms with E-state index >= 15 is 0 Å². The first-order valence-corrected chi connectivity index (χ1v) is 6.33. The van der Waals surface area contributed by atoms with E-state index in [1.807, 2.05) is 6.08 Å². The van der Waals surface area contributed by atoms with Crippen molar-refractivity contribution in [3.05, 3.63) is 12.7 Å². The Morgan fingerprint density at radius 3 is 2.53 bits per heavy atom. The highest BCUT2D eigenvalue weighted by atomic mass is 16.7. The Balaban J connectivity index is 1.90. The van der Waals surface area contributed by atoms with Crippen molar-refractivity contribution in [2.75, 3.05) is 19.8 Å². The summed E-state index contributed by atoms with van der Waals surface area (Å²) < 4.78 is 16.8. The van der Waals surface area contributed by atoms with Gasteiger partial charge >= 0.3 is 0 Å². The lowest BCUT2D eigenvalue weighted by atomic mass is 9.58. The van der Waals surface area contributed by atoms with Crippen molar-refractivity contribution in [1.82, 2.24) is 0 Å². The van der Waals surface area contributed by atoms with Crippen LogP contribution in [0.4, 0.5) is 0 Å². The van der Waals surface area contributed by atoms with E-state index in [1.54, 1.807) is 0 Å². The molecule has 1 N–H and O–H groups in total. The number of hydrogen-bond donors (Lipinski definition) is 1. The topological polar surface area (TPSA) is 47.9 Å². The first kappa shape index (κ1) is 11.7. The van der Waals surface area contributed by atoms with E-state index < -0.39 is 6.10 Å².